The molecule has 1 amide bonds. The van der Waals surface area contributed by atoms with Crippen LogP contribution in [0, 0.1) is 0 Å². The van der Waals surface area contributed by atoms with Gasteiger partial charge in [0.1, 0.15) is 23.8 Å². The fraction of sp³-hybridized carbons (Fsp3) is 0.318. The Hall–Kier alpha value is -3.96. The number of aromatic nitrogens is 3. The van der Waals surface area contributed by atoms with Crippen molar-refractivity contribution in [1.29, 1.82) is 0 Å². The number of imidazole rings is 1. The molecule has 1 aromatic carbocycles. The number of aromatic carboxylic acids is 1. The summed E-state index contributed by atoms with van der Waals surface area (Å²) in [4.78, 5) is 43.7. The first-order valence-corrected chi connectivity index (χ1v) is 12.7. The van der Waals surface area contributed by atoms with Gasteiger partial charge in [-0.05, 0) is 18.2 Å². The minimum Gasteiger partial charge on any atom is -0.478 e. The molecule has 0 saturated carbocycles. The number of nitrogens with zero attached hydrogens (tertiary/aromatic N) is 3. The van der Waals surface area contributed by atoms with Gasteiger partial charge in [-0.25, -0.2) is 19.5 Å². The molecule has 0 unspecified atom stereocenters. The third kappa shape index (κ3) is 5.79. The second-order valence-electron chi connectivity index (χ2n) is 8.46. The van der Waals surface area contributed by atoms with E-state index in [9.17, 15) is 33.0 Å². The summed E-state index contributed by atoms with van der Waals surface area (Å²) in [6, 6.07) is 6.78. The van der Waals surface area contributed by atoms with Crippen molar-refractivity contribution in [3.8, 4) is 0 Å². The maximum absolute atomic E-state index is 12.3. The lowest BCUT2D eigenvalue weighted by atomic mass is 10.0. The smallest absolute Gasteiger partial charge is 0.335 e. The van der Waals surface area contributed by atoms with Crippen molar-refractivity contribution in [3.05, 3.63) is 54.0 Å². The van der Waals surface area contributed by atoms with Gasteiger partial charge in [-0.2, -0.15) is 13.1 Å². The minimum atomic E-state index is -4.41. The van der Waals surface area contributed by atoms with Gasteiger partial charge in [0.25, 0.3) is 0 Å². The van der Waals surface area contributed by atoms with Gasteiger partial charge in [0.15, 0.2) is 17.7 Å². The Bertz CT molecular complexity index is 1490. The van der Waals surface area contributed by atoms with Crippen LogP contribution in [0.15, 0.2) is 42.9 Å². The molecule has 2 aromatic heterocycles. The first-order valence-electron chi connectivity index (χ1n) is 11.2. The average molecular weight is 549 g/mol. The number of pyridine rings is 1. The van der Waals surface area contributed by atoms with Crippen LogP contribution in [0.3, 0.4) is 0 Å². The van der Waals surface area contributed by atoms with Gasteiger partial charge in [0, 0.05) is 31.1 Å². The molecule has 1 aliphatic heterocycles. The number of amides is 1. The molecule has 0 bridgehead atoms. The number of carboxylic acid groups (broad SMARTS) is 1. The average Bonchev–Trinajstić information content (AvgIpc) is 3.43. The molecule has 38 heavy (non-hydrogen) atoms. The molecule has 7 N–H and O–H groups in total. The highest BCUT2D eigenvalue weighted by atomic mass is 32.2. The molecule has 3 heterocycles. The number of hydrogen-bond acceptors (Lipinski definition) is 11. The minimum absolute atomic E-state index is 0.0720. The molecule has 1 saturated heterocycles. The summed E-state index contributed by atoms with van der Waals surface area (Å²) in [7, 11) is -4.41. The summed E-state index contributed by atoms with van der Waals surface area (Å²) >= 11 is 0. The number of ketones is 1. The monoisotopic (exact) mass is 548 g/mol. The number of fused-ring (bicyclic) bond motifs is 1. The fourth-order valence-electron chi connectivity index (χ4n) is 3.89. The van der Waals surface area contributed by atoms with Gasteiger partial charge >= 0.3 is 16.2 Å². The molecule has 3 aromatic rings. The van der Waals surface area contributed by atoms with Gasteiger partial charge < -0.3 is 25.8 Å². The number of carbonyl (C=O) groups excluding carboxylic acids is 2. The summed E-state index contributed by atoms with van der Waals surface area (Å²) in [6.45, 7) is -0.500. The van der Waals surface area contributed by atoms with Crippen LogP contribution in [0.25, 0.3) is 11.2 Å². The molecular formula is C22H24N6O9S. The quantitative estimate of drug-likeness (QED) is 0.166. The van der Waals surface area contributed by atoms with Crippen LogP contribution < -0.4 is 15.2 Å². The Kier molecular flexibility index (Phi) is 7.70. The van der Waals surface area contributed by atoms with E-state index in [1.54, 1.807) is 10.8 Å². The maximum atomic E-state index is 12.3. The second kappa shape index (κ2) is 10.8. The molecule has 1 fully saturated rings. The number of carboxylic acids is 1. The van der Waals surface area contributed by atoms with Crippen LogP contribution in [0.2, 0.25) is 0 Å². The Balaban J connectivity index is 1.31. The van der Waals surface area contributed by atoms with Crippen LogP contribution in [0.1, 0.15) is 39.8 Å². The summed E-state index contributed by atoms with van der Waals surface area (Å²) in [5.74, 6) is -2.75. The van der Waals surface area contributed by atoms with Crippen molar-refractivity contribution in [2.24, 2.45) is 0 Å². The van der Waals surface area contributed by atoms with Crippen molar-refractivity contribution in [3.63, 3.8) is 0 Å². The highest BCUT2D eigenvalue weighted by Gasteiger charge is 2.44. The number of Topliss-reactive ketones (excluding diaryl/α,β-unsaturated/α-hetero) is 1. The molecule has 4 atom stereocenters. The highest BCUT2D eigenvalue weighted by Crippen LogP contribution is 2.32. The number of hydrogen-bond donors (Lipinski definition) is 6. The van der Waals surface area contributed by atoms with E-state index in [0.717, 1.165) is 6.07 Å². The van der Waals surface area contributed by atoms with E-state index >= 15 is 0 Å². The van der Waals surface area contributed by atoms with Crippen LogP contribution in [0.4, 0.5) is 5.69 Å². The van der Waals surface area contributed by atoms with Gasteiger partial charge in [-0.3, -0.25) is 14.2 Å². The van der Waals surface area contributed by atoms with Crippen LogP contribution in [-0.2, 0) is 19.7 Å². The van der Waals surface area contributed by atoms with E-state index in [2.05, 4.69) is 14.7 Å². The van der Waals surface area contributed by atoms with Crippen LogP contribution >= 0.6 is 0 Å². The fourth-order valence-corrected chi connectivity index (χ4v) is 4.75. The summed E-state index contributed by atoms with van der Waals surface area (Å²) < 4.78 is 35.4. The number of nitrogens with two attached hydrogens (primary N) is 1. The Morgan fingerprint density at radius 3 is 2.55 bits per heavy atom. The molecule has 15 nitrogen and oxygen atoms in total. The standard InChI is InChI=1S/C22H24N6O9S/c23-13-6-7-24-20-17(13)25-10-28(20)21-19(32)18(31)15(37-21)9-26-38(35,36)27-16(30)5-4-14(29)11-2-1-3-12(8-11)22(33)34/h1-3,6-8,10,15,18-19,21,26,31-32H,4-5,9H2,(H2,23,24)(H,27,30)(H,33,34)/t15-,18-,19-,21-/m1/s1. The number of anilines is 1. The Morgan fingerprint density at radius 2 is 1.82 bits per heavy atom. The lowest BCUT2D eigenvalue weighted by molar-refractivity contribution is -0.119. The van der Waals surface area contributed by atoms with E-state index in [4.69, 9.17) is 15.6 Å². The number of benzene rings is 1. The number of rotatable bonds is 10. The predicted octanol–water partition coefficient (Wildman–Crippen LogP) is -1.06. The number of ether oxygens (including phenoxy) is 1. The number of aliphatic hydroxyl groups excluding tert-OH is 2. The van der Waals surface area contributed by atoms with Crippen LogP contribution in [0.5, 0.6) is 0 Å². The van der Waals surface area contributed by atoms with Crippen molar-refractivity contribution in [2.45, 2.75) is 37.4 Å². The molecule has 1 aliphatic rings. The van der Waals surface area contributed by atoms with E-state index in [-0.39, 0.29) is 17.5 Å². The van der Waals surface area contributed by atoms with Gasteiger partial charge in [-0.15, -0.1) is 0 Å². The zero-order chi connectivity index (χ0) is 27.6. The second-order valence-corrected chi connectivity index (χ2v) is 9.96. The molecule has 4 rings (SSSR count). The predicted molar refractivity (Wildman–Crippen MR) is 130 cm³/mol. The first-order chi connectivity index (χ1) is 18.0. The van der Waals surface area contributed by atoms with Gasteiger partial charge in [0.05, 0.1) is 17.6 Å². The first kappa shape index (κ1) is 27.1. The summed E-state index contributed by atoms with van der Waals surface area (Å²) in [5.41, 5.74) is 6.82. The third-order valence-electron chi connectivity index (χ3n) is 5.84. The van der Waals surface area contributed by atoms with Crippen molar-refractivity contribution < 1.29 is 42.9 Å². The van der Waals surface area contributed by atoms with Gasteiger partial charge in [-0.1, -0.05) is 12.1 Å². The SMILES string of the molecule is Nc1ccnc2c1ncn2[C@@H]1O[C@H](CNS(=O)(=O)NC(=O)CCC(=O)c2cccc(C(=O)O)c2)[C@@H](O)[C@H]1O. The normalized spacial score (nSPS) is 21.4. The summed E-state index contributed by atoms with van der Waals surface area (Å²) in [6.07, 6.45) is -3.36. The van der Waals surface area contributed by atoms with E-state index in [1.165, 1.54) is 35.3 Å². The molecule has 202 valence electrons. The topological polar surface area (TPSA) is 236 Å². The zero-order valence-corrected chi connectivity index (χ0v) is 20.4. The van der Waals surface area contributed by atoms with Crippen molar-refractivity contribution in [1.82, 2.24) is 24.0 Å². The van der Waals surface area contributed by atoms with E-state index in [1.807, 2.05) is 0 Å². The number of carbonyl (C=O) groups is 3. The molecule has 16 heteroatoms. The number of aliphatic hydroxyl groups is 2. The van der Waals surface area contributed by atoms with Crippen molar-refractivity contribution >= 4 is 44.7 Å². The molecule has 0 radical (unpaired) electrons. The largest absolute Gasteiger partial charge is 0.478 e. The zero-order valence-electron chi connectivity index (χ0n) is 19.6. The van der Waals surface area contributed by atoms with Crippen LogP contribution in [-0.4, -0.2) is 80.8 Å². The Labute approximate surface area is 215 Å². The van der Waals surface area contributed by atoms with E-state index < -0.39 is 65.4 Å². The molecule has 0 spiro atoms. The third-order valence-corrected chi connectivity index (χ3v) is 6.88. The highest BCUT2D eigenvalue weighted by molar-refractivity contribution is 7.88. The van der Waals surface area contributed by atoms with E-state index in [0.29, 0.717) is 16.9 Å². The molecule has 0 aliphatic carbocycles. The maximum Gasteiger partial charge on any atom is 0.335 e. The number of nitrogens with one attached hydrogen (secondary N) is 2. The Morgan fingerprint density at radius 1 is 1.08 bits per heavy atom. The lowest BCUT2D eigenvalue weighted by Gasteiger charge is -2.16. The lowest BCUT2D eigenvalue weighted by Crippen LogP contribution is -2.45. The van der Waals surface area contributed by atoms with Gasteiger partial charge in [0.2, 0.25) is 5.91 Å². The molecular weight excluding hydrogens is 524 g/mol. The summed E-state index contributed by atoms with van der Waals surface area (Å²) in [5, 5.41) is 29.9. The number of nitrogen functional groups attached to an aromatic ring is 1. The van der Waals surface area contributed by atoms with Crippen molar-refractivity contribution in [2.75, 3.05) is 12.3 Å².